The second kappa shape index (κ2) is 4.25. The number of fused-ring (bicyclic) bond motifs is 1. The van der Waals surface area contributed by atoms with Crippen molar-refractivity contribution < 1.29 is 9.90 Å². The molecule has 0 aliphatic carbocycles. The van der Waals surface area contributed by atoms with E-state index in [1.165, 1.54) is 0 Å². The van der Waals surface area contributed by atoms with Gasteiger partial charge in [-0.2, -0.15) is 5.10 Å². The Morgan fingerprint density at radius 3 is 2.44 bits per heavy atom. The van der Waals surface area contributed by atoms with Crippen LogP contribution < -0.4 is 5.32 Å². The Bertz CT molecular complexity index is 608. The fourth-order valence-corrected chi connectivity index (χ4v) is 1.68. The van der Waals surface area contributed by atoms with E-state index in [0.717, 1.165) is 16.5 Å². The first-order valence-corrected chi connectivity index (χ1v) is 5.65. The summed E-state index contributed by atoms with van der Waals surface area (Å²) >= 11 is 0. The summed E-state index contributed by atoms with van der Waals surface area (Å²) in [6, 6.07) is 7.65. The van der Waals surface area contributed by atoms with Crippen LogP contribution in [0.1, 0.15) is 19.5 Å². The molecular weight excluding hydrogens is 230 g/mol. The van der Waals surface area contributed by atoms with Crippen LogP contribution in [0.15, 0.2) is 24.3 Å². The maximum atomic E-state index is 11.1. The molecule has 2 N–H and O–H groups in total. The number of carbonyl (C=O) groups is 1. The third-order valence-corrected chi connectivity index (χ3v) is 2.84. The van der Waals surface area contributed by atoms with E-state index in [1.54, 1.807) is 13.8 Å². The molecule has 0 aliphatic heterocycles. The SMILES string of the molecule is Cc1nnc(NC(C)(C)C(=O)O)c2ccccc12. The normalized spacial score (nSPS) is 11.5. The first kappa shape index (κ1) is 12.3. The first-order chi connectivity index (χ1) is 8.42. The largest absolute Gasteiger partial charge is 0.480 e. The number of nitrogens with one attached hydrogen (secondary N) is 1. The van der Waals surface area contributed by atoms with Gasteiger partial charge in [-0.05, 0) is 20.8 Å². The fourth-order valence-electron chi connectivity index (χ4n) is 1.68. The van der Waals surface area contributed by atoms with Crippen LogP contribution in [0.4, 0.5) is 5.82 Å². The summed E-state index contributed by atoms with van der Waals surface area (Å²) in [7, 11) is 0. The monoisotopic (exact) mass is 245 g/mol. The molecule has 1 aromatic heterocycles. The summed E-state index contributed by atoms with van der Waals surface area (Å²) in [6.45, 7) is 5.05. The maximum absolute atomic E-state index is 11.1. The lowest BCUT2D eigenvalue weighted by molar-refractivity contribution is -0.141. The van der Waals surface area contributed by atoms with Crippen molar-refractivity contribution in [2.45, 2.75) is 26.3 Å². The Hall–Kier alpha value is -2.17. The van der Waals surface area contributed by atoms with Gasteiger partial charge in [0.05, 0.1) is 5.69 Å². The highest BCUT2D eigenvalue weighted by molar-refractivity contribution is 5.94. The van der Waals surface area contributed by atoms with Crippen molar-refractivity contribution in [2.24, 2.45) is 0 Å². The van der Waals surface area contributed by atoms with Crippen LogP contribution >= 0.6 is 0 Å². The fraction of sp³-hybridized carbons (Fsp3) is 0.308. The summed E-state index contributed by atoms with van der Waals surface area (Å²) in [4.78, 5) is 11.1. The van der Waals surface area contributed by atoms with Gasteiger partial charge in [-0.15, -0.1) is 5.10 Å². The highest BCUT2D eigenvalue weighted by Crippen LogP contribution is 2.24. The van der Waals surface area contributed by atoms with Crippen molar-refractivity contribution in [2.75, 3.05) is 5.32 Å². The topological polar surface area (TPSA) is 75.1 Å². The minimum atomic E-state index is -1.09. The van der Waals surface area contributed by atoms with Crippen LogP contribution in [0.25, 0.3) is 10.8 Å². The van der Waals surface area contributed by atoms with Gasteiger partial charge in [-0.3, -0.25) is 0 Å². The molecule has 0 bridgehead atoms. The molecule has 0 amide bonds. The highest BCUT2D eigenvalue weighted by Gasteiger charge is 2.28. The van der Waals surface area contributed by atoms with Crippen molar-refractivity contribution in [1.82, 2.24) is 10.2 Å². The number of aliphatic carboxylic acids is 1. The number of rotatable bonds is 3. The quantitative estimate of drug-likeness (QED) is 0.867. The molecule has 0 spiro atoms. The van der Waals surface area contributed by atoms with Gasteiger partial charge in [-0.1, -0.05) is 24.3 Å². The van der Waals surface area contributed by atoms with Gasteiger partial charge in [0.25, 0.3) is 0 Å². The van der Waals surface area contributed by atoms with Crippen molar-refractivity contribution in [1.29, 1.82) is 0 Å². The second-order valence-corrected chi connectivity index (χ2v) is 4.73. The molecule has 18 heavy (non-hydrogen) atoms. The molecule has 2 rings (SSSR count). The molecule has 1 heterocycles. The van der Waals surface area contributed by atoms with Gasteiger partial charge in [0.2, 0.25) is 0 Å². The minimum absolute atomic E-state index is 0.489. The molecule has 5 nitrogen and oxygen atoms in total. The second-order valence-electron chi connectivity index (χ2n) is 4.73. The molecular formula is C13H15N3O2. The van der Waals surface area contributed by atoms with E-state index >= 15 is 0 Å². The molecule has 94 valence electrons. The van der Waals surface area contributed by atoms with Crippen LogP contribution in [0.2, 0.25) is 0 Å². The summed E-state index contributed by atoms with van der Waals surface area (Å²) in [5.41, 5.74) is -0.267. The number of benzene rings is 1. The van der Waals surface area contributed by atoms with E-state index < -0.39 is 11.5 Å². The number of aromatic nitrogens is 2. The van der Waals surface area contributed by atoms with Crippen LogP contribution in [0.5, 0.6) is 0 Å². The minimum Gasteiger partial charge on any atom is -0.480 e. The number of hydrogen-bond acceptors (Lipinski definition) is 4. The standard InChI is InChI=1S/C13H15N3O2/c1-8-9-6-4-5-7-10(9)11(16-15-8)14-13(2,3)12(17)18/h4-7H,1-3H3,(H,14,16)(H,17,18). The molecule has 0 saturated carbocycles. The third kappa shape index (κ3) is 2.11. The van der Waals surface area contributed by atoms with Gasteiger partial charge in [0.15, 0.2) is 5.82 Å². The Kier molecular flexibility index (Phi) is 2.90. The molecule has 5 heteroatoms. The number of carboxylic acid groups (broad SMARTS) is 1. The number of aryl methyl sites for hydroxylation is 1. The Morgan fingerprint density at radius 2 is 1.83 bits per heavy atom. The average molecular weight is 245 g/mol. The molecule has 0 saturated heterocycles. The first-order valence-electron chi connectivity index (χ1n) is 5.65. The van der Waals surface area contributed by atoms with Gasteiger partial charge < -0.3 is 10.4 Å². The van der Waals surface area contributed by atoms with Crippen molar-refractivity contribution in [3.8, 4) is 0 Å². The van der Waals surface area contributed by atoms with Crippen LogP contribution in [0.3, 0.4) is 0 Å². The lowest BCUT2D eigenvalue weighted by Gasteiger charge is -2.22. The average Bonchev–Trinajstić information content (AvgIpc) is 2.33. The smallest absolute Gasteiger partial charge is 0.328 e. The predicted octanol–water partition coefficient (Wildman–Crippen LogP) is 2.21. The van der Waals surface area contributed by atoms with Crippen LogP contribution in [-0.4, -0.2) is 26.8 Å². The summed E-state index contributed by atoms with van der Waals surface area (Å²) in [5.74, 6) is -0.447. The zero-order valence-electron chi connectivity index (χ0n) is 10.6. The number of carboxylic acids is 1. The molecule has 0 aliphatic rings. The third-order valence-electron chi connectivity index (χ3n) is 2.84. The zero-order chi connectivity index (χ0) is 13.3. The van der Waals surface area contributed by atoms with Crippen molar-refractivity contribution in [3.05, 3.63) is 30.0 Å². The number of nitrogens with zero attached hydrogens (tertiary/aromatic N) is 2. The van der Waals surface area contributed by atoms with E-state index in [4.69, 9.17) is 5.11 Å². The molecule has 1 aromatic carbocycles. The van der Waals surface area contributed by atoms with Crippen LogP contribution in [0, 0.1) is 6.92 Å². The molecule has 0 unspecified atom stereocenters. The molecule has 0 fully saturated rings. The van der Waals surface area contributed by atoms with Crippen molar-refractivity contribution >= 4 is 22.6 Å². The summed E-state index contributed by atoms with van der Waals surface area (Å²) in [6.07, 6.45) is 0. The lowest BCUT2D eigenvalue weighted by Crippen LogP contribution is -2.40. The number of hydrogen-bond donors (Lipinski definition) is 2. The molecule has 0 atom stereocenters. The van der Waals surface area contributed by atoms with Gasteiger partial charge in [0, 0.05) is 10.8 Å². The Labute approximate surface area is 105 Å². The summed E-state index contributed by atoms with van der Waals surface area (Å²) < 4.78 is 0. The predicted molar refractivity (Wildman–Crippen MR) is 69.6 cm³/mol. The van der Waals surface area contributed by atoms with Gasteiger partial charge >= 0.3 is 5.97 Å². The van der Waals surface area contributed by atoms with E-state index in [2.05, 4.69) is 15.5 Å². The molecule has 2 aromatic rings. The van der Waals surface area contributed by atoms with Gasteiger partial charge in [0.1, 0.15) is 5.54 Å². The van der Waals surface area contributed by atoms with Gasteiger partial charge in [-0.25, -0.2) is 4.79 Å². The van der Waals surface area contributed by atoms with E-state index in [1.807, 2.05) is 31.2 Å². The Morgan fingerprint density at radius 1 is 1.22 bits per heavy atom. The zero-order valence-corrected chi connectivity index (χ0v) is 10.6. The van der Waals surface area contributed by atoms with Crippen molar-refractivity contribution in [3.63, 3.8) is 0 Å². The lowest BCUT2D eigenvalue weighted by atomic mass is 10.1. The van der Waals surface area contributed by atoms with Crippen LogP contribution in [-0.2, 0) is 4.79 Å². The molecule has 0 radical (unpaired) electrons. The van der Waals surface area contributed by atoms with E-state index in [-0.39, 0.29) is 0 Å². The Balaban J connectivity index is 2.53. The highest BCUT2D eigenvalue weighted by atomic mass is 16.4. The van der Waals surface area contributed by atoms with E-state index in [0.29, 0.717) is 5.82 Å². The maximum Gasteiger partial charge on any atom is 0.328 e. The van der Waals surface area contributed by atoms with E-state index in [9.17, 15) is 4.79 Å². The number of anilines is 1. The summed E-state index contributed by atoms with van der Waals surface area (Å²) in [5, 5.41) is 22.0.